The van der Waals surface area contributed by atoms with Crippen LogP contribution in [-0.4, -0.2) is 12.6 Å². The lowest BCUT2D eigenvalue weighted by molar-refractivity contribution is 0.540. The minimum atomic E-state index is 0.521. The van der Waals surface area contributed by atoms with Crippen molar-refractivity contribution in [1.29, 1.82) is 0 Å². The van der Waals surface area contributed by atoms with Gasteiger partial charge in [0.2, 0.25) is 0 Å². The Balaban J connectivity index is 1.70. The lowest BCUT2D eigenvalue weighted by Gasteiger charge is -2.21. The summed E-state index contributed by atoms with van der Waals surface area (Å²) in [6, 6.07) is 7.37. The van der Waals surface area contributed by atoms with Crippen LogP contribution in [0.5, 0.6) is 0 Å². The van der Waals surface area contributed by atoms with E-state index in [4.69, 9.17) is 0 Å². The average Bonchev–Trinajstić information content (AvgIpc) is 2.94. The van der Waals surface area contributed by atoms with Gasteiger partial charge in [-0.2, -0.15) is 0 Å². The highest BCUT2D eigenvalue weighted by atomic mass is 15.0. The van der Waals surface area contributed by atoms with Gasteiger partial charge < -0.3 is 10.6 Å². The van der Waals surface area contributed by atoms with Crippen LogP contribution in [0.4, 0.5) is 5.69 Å². The maximum Gasteiger partial charge on any atom is 0.0375 e. The van der Waals surface area contributed by atoms with Crippen molar-refractivity contribution in [2.24, 2.45) is 5.41 Å². The Morgan fingerprint density at radius 2 is 2.24 bits per heavy atom. The first-order valence-corrected chi connectivity index (χ1v) is 6.75. The van der Waals surface area contributed by atoms with E-state index in [1.165, 1.54) is 36.1 Å². The molecule has 1 atom stereocenters. The minimum Gasteiger partial charge on any atom is -0.385 e. The molecule has 0 aromatic heterocycles. The fourth-order valence-corrected chi connectivity index (χ4v) is 2.80. The molecule has 1 fully saturated rings. The van der Waals surface area contributed by atoms with Gasteiger partial charge >= 0.3 is 0 Å². The molecule has 1 aliphatic heterocycles. The van der Waals surface area contributed by atoms with E-state index in [0.29, 0.717) is 5.41 Å². The highest BCUT2D eigenvalue weighted by molar-refractivity contribution is 5.56. The first-order chi connectivity index (χ1) is 8.17. The Morgan fingerprint density at radius 3 is 3.00 bits per heavy atom. The van der Waals surface area contributed by atoms with Crippen LogP contribution in [0, 0.1) is 5.41 Å². The Kier molecular flexibility index (Phi) is 2.62. The van der Waals surface area contributed by atoms with Crippen LogP contribution in [0.1, 0.15) is 37.8 Å². The van der Waals surface area contributed by atoms with Crippen LogP contribution in [0.3, 0.4) is 0 Å². The van der Waals surface area contributed by atoms with Gasteiger partial charge in [-0.05, 0) is 41.9 Å². The van der Waals surface area contributed by atoms with Crippen LogP contribution in [0.2, 0.25) is 0 Å². The molecule has 1 aromatic carbocycles. The molecule has 0 amide bonds. The number of fused-ring (bicyclic) bond motifs is 1. The molecular weight excluding hydrogens is 208 g/mol. The van der Waals surface area contributed by atoms with Crippen LogP contribution < -0.4 is 10.6 Å². The normalized spacial score (nSPS) is 24.9. The highest BCUT2D eigenvalue weighted by Gasteiger charge is 2.45. The average molecular weight is 230 g/mol. The van der Waals surface area contributed by atoms with Crippen molar-refractivity contribution in [3.05, 3.63) is 29.3 Å². The van der Waals surface area contributed by atoms with E-state index in [1.807, 2.05) is 0 Å². The number of benzene rings is 1. The Bertz CT molecular complexity index is 423. The lowest BCUT2D eigenvalue weighted by atomic mass is 9.97. The molecular formula is C15H22N2. The third-order valence-electron chi connectivity index (χ3n) is 4.24. The molecule has 2 aliphatic rings. The molecule has 1 saturated carbocycles. The summed E-state index contributed by atoms with van der Waals surface area (Å²) < 4.78 is 0. The largest absolute Gasteiger partial charge is 0.385 e. The van der Waals surface area contributed by atoms with Gasteiger partial charge in [0.1, 0.15) is 0 Å². The molecule has 1 unspecified atom stereocenters. The van der Waals surface area contributed by atoms with E-state index in [-0.39, 0.29) is 0 Å². The van der Waals surface area contributed by atoms with E-state index in [2.05, 4.69) is 42.7 Å². The Labute approximate surface area is 104 Å². The molecule has 0 spiro atoms. The van der Waals surface area contributed by atoms with Gasteiger partial charge in [-0.1, -0.05) is 26.0 Å². The van der Waals surface area contributed by atoms with Gasteiger partial charge in [0.25, 0.3) is 0 Å². The summed E-state index contributed by atoms with van der Waals surface area (Å²) in [4.78, 5) is 0. The second kappa shape index (κ2) is 4.02. The zero-order chi connectivity index (χ0) is 11.9. The van der Waals surface area contributed by atoms with Gasteiger partial charge in [0, 0.05) is 24.8 Å². The number of anilines is 1. The second-order valence-electron chi connectivity index (χ2n) is 6.10. The van der Waals surface area contributed by atoms with Crippen molar-refractivity contribution in [3.63, 3.8) is 0 Å². The number of nitrogens with one attached hydrogen (secondary N) is 2. The molecule has 1 aromatic rings. The smallest absolute Gasteiger partial charge is 0.0375 e. The van der Waals surface area contributed by atoms with E-state index >= 15 is 0 Å². The van der Waals surface area contributed by atoms with E-state index in [9.17, 15) is 0 Å². The number of hydrogen-bond acceptors (Lipinski definition) is 2. The fourth-order valence-electron chi connectivity index (χ4n) is 2.80. The molecule has 0 radical (unpaired) electrons. The third-order valence-corrected chi connectivity index (χ3v) is 4.24. The molecule has 2 heteroatoms. The van der Waals surface area contributed by atoms with Crippen molar-refractivity contribution >= 4 is 5.69 Å². The quantitative estimate of drug-likeness (QED) is 0.834. The summed E-state index contributed by atoms with van der Waals surface area (Å²) >= 11 is 0. The first kappa shape index (κ1) is 11.1. The van der Waals surface area contributed by atoms with Crippen LogP contribution in [-0.2, 0) is 13.0 Å². The van der Waals surface area contributed by atoms with Crippen molar-refractivity contribution in [2.75, 3.05) is 11.9 Å². The third kappa shape index (κ3) is 2.19. The zero-order valence-corrected chi connectivity index (χ0v) is 10.8. The monoisotopic (exact) mass is 230 g/mol. The Morgan fingerprint density at radius 1 is 1.41 bits per heavy atom. The molecule has 2 nitrogen and oxygen atoms in total. The van der Waals surface area contributed by atoms with E-state index in [0.717, 1.165) is 19.1 Å². The summed E-state index contributed by atoms with van der Waals surface area (Å²) in [5, 5.41) is 7.18. The molecule has 1 aliphatic carbocycles. The maximum atomic E-state index is 3.69. The predicted molar refractivity (Wildman–Crippen MR) is 72.3 cm³/mol. The molecule has 1 heterocycles. The van der Waals surface area contributed by atoms with Gasteiger partial charge in [0.15, 0.2) is 0 Å². The first-order valence-electron chi connectivity index (χ1n) is 6.75. The standard InChI is InChI=1S/C15H22N2/c1-15(2)9-14(15)17-10-11-5-3-7-13-12(11)6-4-8-16-13/h3,5,7,14,16-17H,4,6,8-10H2,1-2H3. The molecule has 3 rings (SSSR count). The minimum absolute atomic E-state index is 0.521. The second-order valence-corrected chi connectivity index (χ2v) is 6.10. The lowest BCUT2D eigenvalue weighted by Crippen LogP contribution is -2.22. The molecule has 2 N–H and O–H groups in total. The fraction of sp³-hybridized carbons (Fsp3) is 0.600. The van der Waals surface area contributed by atoms with E-state index in [1.54, 1.807) is 0 Å². The van der Waals surface area contributed by atoms with Crippen LogP contribution in [0.25, 0.3) is 0 Å². The van der Waals surface area contributed by atoms with Crippen molar-refractivity contribution < 1.29 is 0 Å². The van der Waals surface area contributed by atoms with Crippen LogP contribution in [0.15, 0.2) is 18.2 Å². The highest BCUT2D eigenvalue weighted by Crippen LogP contribution is 2.44. The van der Waals surface area contributed by atoms with Gasteiger partial charge in [-0.15, -0.1) is 0 Å². The SMILES string of the molecule is CC1(C)CC1NCc1cccc2c1CCCN2. The van der Waals surface area contributed by atoms with Gasteiger partial charge in [0.05, 0.1) is 0 Å². The maximum absolute atomic E-state index is 3.69. The summed E-state index contributed by atoms with van der Waals surface area (Å²) in [7, 11) is 0. The summed E-state index contributed by atoms with van der Waals surface area (Å²) in [6.07, 6.45) is 3.81. The van der Waals surface area contributed by atoms with Crippen molar-refractivity contribution in [2.45, 2.75) is 45.7 Å². The van der Waals surface area contributed by atoms with Crippen molar-refractivity contribution in [3.8, 4) is 0 Å². The summed E-state index contributed by atoms with van der Waals surface area (Å²) in [5.74, 6) is 0. The molecule has 17 heavy (non-hydrogen) atoms. The van der Waals surface area contributed by atoms with Crippen molar-refractivity contribution in [1.82, 2.24) is 5.32 Å². The number of rotatable bonds is 3. The summed E-state index contributed by atoms with van der Waals surface area (Å²) in [6.45, 7) is 6.83. The molecule has 92 valence electrons. The zero-order valence-electron chi connectivity index (χ0n) is 10.8. The Hall–Kier alpha value is -1.02. The van der Waals surface area contributed by atoms with Crippen LogP contribution >= 0.6 is 0 Å². The van der Waals surface area contributed by atoms with Gasteiger partial charge in [-0.25, -0.2) is 0 Å². The molecule has 0 saturated heterocycles. The number of hydrogen-bond donors (Lipinski definition) is 2. The topological polar surface area (TPSA) is 24.1 Å². The van der Waals surface area contributed by atoms with Gasteiger partial charge in [-0.3, -0.25) is 0 Å². The van der Waals surface area contributed by atoms with E-state index < -0.39 is 0 Å². The predicted octanol–water partition coefficient (Wildman–Crippen LogP) is 2.93. The molecule has 0 bridgehead atoms. The summed E-state index contributed by atoms with van der Waals surface area (Å²) in [5.41, 5.74) is 4.89.